The van der Waals surface area contributed by atoms with Crippen LogP contribution in [-0.4, -0.2) is 10.9 Å². The zero-order chi connectivity index (χ0) is 13.7. The molecule has 0 spiro atoms. The summed E-state index contributed by atoms with van der Waals surface area (Å²) in [5.41, 5.74) is 1.85. The highest BCUT2D eigenvalue weighted by Crippen LogP contribution is 2.17. The van der Waals surface area contributed by atoms with Crippen LogP contribution in [0.25, 0.3) is 0 Å². The average Bonchev–Trinajstić information content (AvgIpc) is 2.39. The summed E-state index contributed by atoms with van der Waals surface area (Å²) < 4.78 is 1.01. The predicted octanol–water partition coefficient (Wildman–Crippen LogP) is 3.26. The molecule has 0 aliphatic rings. The maximum absolute atomic E-state index is 11.9. The summed E-state index contributed by atoms with van der Waals surface area (Å²) in [6.45, 7) is 1.97. The number of hydrogen-bond acceptors (Lipinski definition) is 2. The molecule has 1 heterocycles. The summed E-state index contributed by atoms with van der Waals surface area (Å²) in [6, 6.07) is 13.5. The zero-order valence-electron chi connectivity index (χ0n) is 10.6. The van der Waals surface area contributed by atoms with Crippen molar-refractivity contribution >= 4 is 21.8 Å². The van der Waals surface area contributed by atoms with Gasteiger partial charge in [-0.05, 0) is 36.8 Å². The highest BCUT2D eigenvalue weighted by molar-refractivity contribution is 9.10. The van der Waals surface area contributed by atoms with Gasteiger partial charge in [0.05, 0.1) is 12.5 Å². The molecule has 1 unspecified atom stereocenters. The average molecular weight is 319 g/mol. The molecule has 3 nitrogen and oxygen atoms in total. The molecule has 2 rings (SSSR count). The first-order chi connectivity index (χ1) is 9.15. The fourth-order valence-electron chi connectivity index (χ4n) is 1.82. The van der Waals surface area contributed by atoms with Crippen LogP contribution in [0.2, 0.25) is 0 Å². The lowest BCUT2D eigenvalue weighted by Gasteiger charge is -2.14. The summed E-state index contributed by atoms with van der Waals surface area (Å²) in [7, 11) is 0. The van der Waals surface area contributed by atoms with Crippen LogP contribution in [0.1, 0.15) is 24.2 Å². The summed E-state index contributed by atoms with van der Waals surface area (Å²) in [5, 5.41) is 2.97. The molecule has 1 amide bonds. The lowest BCUT2D eigenvalue weighted by atomic mass is 10.1. The minimum atomic E-state index is -0.0221. The number of carbonyl (C=O) groups excluding carboxylic acids is 1. The third-order valence-electron chi connectivity index (χ3n) is 2.79. The van der Waals surface area contributed by atoms with Gasteiger partial charge in [0.2, 0.25) is 5.91 Å². The Morgan fingerprint density at radius 3 is 2.84 bits per heavy atom. The molecule has 0 fully saturated rings. The molecule has 4 heteroatoms. The van der Waals surface area contributed by atoms with E-state index >= 15 is 0 Å². The van der Waals surface area contributed by atoms with Crippen molar-refractivity contribution in [1.82, 2.24) is 10.3 Å². The van der Waals surface area contributed by atoms with Crippen LogP contribution in [0.3, 0.4) is 0 Å². The second kappa shape index (κ2) is 6.48. The van der Waals surface area contributed by atoms with Gasteiger partial charge >= 0.3 is 0 Å². The number of nitrogens with zero attached hydrogens (tertiary/aromatic N) is 1. The van der Waals surface area contributed by atoms with Crippen molar-refractivity contribution in [2.75, 3.05) is 0 Å². The van der Waals surface area contributed by atoms with Gasteiger partial charge in [0, 0.05) is 16.4 Å². The third kappa shape index (κ3) is 4.17. The van der Waals surface area contributed by atoms with Gasteiger partial charge in [-0.2, -0.15) is 0 Å². The van der Waals surface area contributed by atoms with E-state index in [-0.39, 0.29) is 11.9 Å². The van der Waals surface area contributed by atoms with Gasteiger partial charge in [-0.25, -0.2) is 0 Å². The molecule has 0 bridgehead atoms. The number of nitrogens with one attached hydrogen (secondary N) is 1. The van der Waals surface area contributed by atoms with E-state index < -0.39 is 0 Å². The van der Waals surface area contributed by atoms with E-state index in [2.05, 4.69) is 26.2 Å². The maximum Gasteiger partial charge on any atom is 0.226 e. The Bertz CT molecular complexity index is 557. The van der Waals surface area contributed by atoms with Crippen molar-refractivity contribution in [2.24, 2.45) is 0 Å². The molecule has 0 radical (unpaired) electrons. The molecule has 0 saturated carbocycles. The van der Waals surface area contributed by atoms with E-state index in [1.165, 1.54) is 0 Å². The minimum Gasteiger partial charge on any atom is -0.349 e. The van der Waals surface area contributed by atoms with Gasteiger partial charge in [-0.1, -0.05) is 34.1 Å². The highest BCUT2D eigenvalue weighted by atomic mass is 79.9. The summed E-state index contributed by atoms with van der Waals surface area (Å²) in [4.78, 5) is 16.1. The fourth-order valence-corrected chi connectivity index (χ4v) is 2.24. The number of halogens is 1. The van der Waals surface area contributed by atoms with E-state index in [0.29, 0.717) is 6.42 Å². The smallest absolute Gasteiger partial charge is 0.226 e. The van der Waals surface area contributed by atoms with Crippen molar-refractivity contribution in [1.29, 1.82) is 0 Å². The number of hydrogen-bond donors (Lipinski definition) is 1. The van der Waals surface area contributed by atoms with E-state index in [0.717, 1.165) is 15.7 Å². The molecule has 0 aliphatic heterocycles. The lowest BCUT2D eigenvalue weighted by molar-refractivity contribution is -0.121. The van der Waals surface area contributed by atoms with Gasteiger partial charge in [0.1, 0.15) is 0 Å². The quantitative estimate of drug-likeness (QED) is 0.940. The van der Waals surface area contributed by atoms with E-state index in [1.807, 2.05) is 49.4 Å². The van der Waals surface area contributed by atoms with Crippen molar-refractivity contribution in [3.8, 4) is 0 Å². The Balaban J connectivity index is 1.95. The molecule has 98 valence electrons. The van der Waals surface area contributed by atoms with Crippen molar-refractivity contribution in [3.63, 3.8) is 0 Å². The Morgan fingerprint density at radius 2 is 2.16 bits per heavy atom. The Labute approximate surface area is 121 Å². The van der Waals surface area contributed by atoms with Gasteiger partial charge in [0.15, 0.2) is 0 Å². The number of rotatable bonds is 4. The fraction of sp³-hybridized carbons (Fsp3) is 0.200. The number of pyridine rings is 1. The van der Waals surface area contributed by atoms with Crippen LogP contribution in [0.5, 0.6) is 0 Å². The largest absolute Gasteiger partial charge is 0.349 e. The van der Waals surface area contributed by atoms with Crippen molar-refractivity contribution in [3.05, 3.63) is 64.4 Å². The molecular formula is C15H15BrN2O. The van der Waals surface area contributed by atoms with Gasteiger partial charge in [-0.15, -0.1) is 0 Å². The van der Waals surface area contributed by atoms with E-state index in [1.54, 1.807) is 6.20 Å². The van der Waals surface area contributed by atoms with Crippen LogP contribution >= 0.6 is 15.9 Å². The molecular weight excluding hydrogens is 304 g/mol. The van der Waals surface area contributed by atoms with Crippen LogP contribution in [-0.2, 0) is 11.2 Å². The Morgan fingerprint density at radius 1 is 1.32 bits per heavy atom. The summed E-state index contributed by atoms with van der Waals surface area (Å²) in [5.74, 6) is -0.0221. The topological polar surface area (TPSA) is 42.0 Å². The second-order valence-corrected chi connectivity index (χ2v) is 5.26. The van der Waals surface area contributed by atoms with Gasteiger partial charge < -0.3 is 5.32 Å². The second-order valence-electron chi connectivity index (χ2n) is 4.34. The van der Waals surface area contributed by atoms with Crippen LogP contribution < -0.4 is 5.32 Å². The highest BCUT2D eigenvalue weighted by Gasteiger charge is 2.10. The van der Waals surface area contributed by atoms with E-state index in [4.69, 9.17) is 0 Å². The van der Waals surface area contributed by atoms with Gasteiger partial charge in [-0.3, -0.25) is 9.78 Å². The Hall–Kier alpha value is -1.68. The van der Waals surface area contributed by atoms with Gasteiger partial charge in [0.25, 0.3) is 0 Å². The van der Waals surface area contributed by atoms with Crippen LogP contribution in [0, 0.1) is 0 Å². The first-order valence-corrected chi connectivity index (χ1v) is 6.89. The van der Waals surface area contributed by atoms with E-state index in [9.17, 15) is 4.79 Å². The number of carbonyl (C=O) groups is 1. The maximum atomic E-state index is 11.9. The number of amides is 1. The molecule has 1 aromatic heterocycles. The molecule has 0 aliphatic carbocycles. The minimum absolute atomic E-state index is 0.0197. The third-order valence-corrected chi connectivity index (χ3v) is 3.29. The molecule has 0 saturated heterocycles. The van der Waals surface area contributed by atoms with Crippen molar-refractivity contribution < 1.29 is 4.79 Å². The first kappa shape index (κ1) is 13.7. The Kier molecular flexibility index (Phi) is 4.68. The predicted molar refractivity (Wildman–Crippen MR) is 78.6 cm³/mol. The normalized spacial score (nSPS) is 11.9. The zero-order valence-corrected chi connectivity index (χ0v) is 12.2. The standard InChI is InChI=1S/C15H15BrN2O/c1-11(12-5-4-6-13(16)9-12)18-15(19)10-14-7-2-3-8-17-14/h2-9,11H,10H2,1H3,(H,18,19). The molecule has 1 atom stereocenters. The number of benzene rings is 1. The molecule has 19 heavy (non-hydrogen) atoms. The summed E-state index contributed by atoms with van der Waals surface area (Å²) >= 11 is 3.43. The van der Waals surface area contributed by atoms with Crippen LogP contribution in [0.4, 0.5) is 0 Å². The van der Waals surface area contributed by atoms with Crippen molar-refractivity contribution in [2.45, 2.75) is 19.4 Å². The molecule has 2 aromatic rings. The first-order valence-electron chi connectivity index (χ1n) is 6.10. The lowest BCUT2D eigenvalue weighted by Crippen LogP contribution is -2.28. The monoisotopic (exact) mass is 318 g/mol. The summed E-state index contributed by atoms with van der Waals surface area (Å²) in [6.07, 6.45) is 2.00. The molecule has 1 aromatic carbocycles. The SMILES string of the molecule is CC(NC(=O)Cc1ccccn1)c1cccc(Br)c1. The van der Waals surface area contributed by atoms with Crippen LogP contribution in [0.15, 0.2) is 53.1 Å². The number of aromatic nitrogens is 1. The molecule has 1 N–H and O–H groups in total.